The highest BCUT2D eigenvalue weighted by atomic mass is 14.7. The van der Waals surface area contributed by atoms with E-state index in [2.05, 4.69) is 23.2 Å². The van der Waals surface area contributed by atoms with E-state index in [0.29, 0.717) is 11.3 Å². The zero-order valence-electron chi connectivity index (χ0n) is 12.7. The van der Waals surface area contributed by atoms with Crippen molar-refractivity contribution in [2.75, 3.05) is 0 Å². The van der Waals surface area contributed by atoms with Gasteiger partial charge in [0, 0.05) is 17.3 Å². The number of aryl methyl sites for hydroxylation is 1. The number of nitriles is 1. The molecule has 1 heterocycles. The van der Waals surface area contributed by atoms with Crippen molar-refractivity contribution in [3.8, 4) is 28.5 Å². The molecule has 0 amide bonds. The zero-order chi connectivity index (χ0) is 16.2. The average molecular weight is 297 g/mol. The molecule has 3 aromatic rings. The SMILES string of the molecule is Cc1ccc(-c2nc(C=N)ccc2-c2ccc(C#N)cc2)cc1. The maximum atomic E-state index is 8.94. The van der Waals surface area contributed by atoms with Gasteiger partial charge in [-0.2, -0.15) is 5.26 Å². The largest absolute Gasteiger partial charge is 0.307 e. The lowest BCUT2D eigenvalue weighted by molar-refractivity contribution is 1.29. The molecule has 0 aliphatic carbocycles. The third kappa shape index (κ3) is 3.02. The molecule has 0 atom stereocenters. The van der Waals surface area contributed by atoms with Gasteiger partial charge in [0.2, 0.25) is 0 Å². The van der Waals surface area contributed by atoms with Crippen LogP contribution in [0.15, 0.2) is 60.7 Å². The van der Waals surface area contributed by atoms with Crippen molar-refractivity contribution in [3.63, 3.8) is 0 Å². The van der Waals surface area contributed by atoms with E-state index in [1.165, 1.54) is 11.8 Å². The Kier molecular flexibility index (Phi) is 3.99. The average Bonchev–Trinajstić information content (AvgIpc) is 2.62. The molecule has 1 N–H and O–H groups in total. The summed E-state index contributed by atoms with van der Waals surface area (Å²) in [4.78, 5) is 4.60. The number of nitrogens with one attached hydrogen (secondary N) is 1. The van der Waals surface area contributed by atoms with Gasteiger partial charge in [0.15, 0.2) is 0 Å². The fraction of sp³-hybridized carbons (Fsp3) is 0.0500. The highest BCUT2D eigenvalue weighted by molar-refractivity contribution is 5.84. The molecular weight excluding hydrogens is 282 g/mol. The Morgan fingerprint density at radius 2 is 1.57 bits per heavy atom. The van der Waals surface area contributed by atoms with Crippen molar-refractivity contribution >= 4 is 6.21 Å². The smallest absolute Gasteiger partial charge is 0.0991 e. The fourth-order valence-electron chi connectivity index (χ4n) is 2.44. The second-order valence-corrected chi connectivity index (χ2v) is 5.33. The van der Waals surface area contributed by atoms with Crippen LogP contribution in [-0.4, -0.2) is 11.2 Å². The quantitative estimate of drug-likeness (QED) is 0.718. The second kappa shape index (κ2) is 6.25. The van der Waals surface area contributed by atoms with Crippen molar-refractivity contribution < 1.29 is 0 Å². The molecule has 0 bridgehead atoms. The minimum absolute atomic E-state index is 0.623. The van der Waals surface area contributed by atoms with E-state index >= 15 is 0 Å². The van der Waals surface area contributed by atoms with E-state index in [0.717, 1.165) is 22.4 Å². The third-order valence-corrected chi connectivity index (χ3v) is 3.71. The summed E-state index contributed by atoms with van der Waals surface area (Å²) in [6, 6.07) is 21.6. The summed E-state index contributed by atoms with van der Waals surface area (Å²) < 4.78 is 0. The van der Waals surface area contributed by atoms with Crippen molar-refractivity contribution in [1.82, 2.24) is 4.98 Å². The maximum Gasteiger partial charge on any atom is 0.0991 e. The van der Waals surface area contributed by atoms with Gasteiger partial charge in [0.05, 0.1) is 23.0 Å². The number of nitrogens with zero attached hydrogens (tertiary/aromatic N) is 2. The van der Waals surface area contributed by atoms with Crippen molar-refractivity contribution in [2.45, 2.75) is 6.92 Å². The van der Waals surface area contributed by atoms with Crippen LogP contribution in [0.2, 0.25) is 0 Å². The molecule has 23 heavy (non-hydrogen) atoms. The Morgan fingerprint density at radius 3 is 2.17 bits per heavy atom. The highest BCUT2D eigenvalue weighted by Gasteiger charge is 2.10. The molecular formula is C20H15N3. The van der Waals surface area contributed by atoms with Gasteiger partial charge in [0.25, 0.3) is 0 Å². The lowest BCUT2D eigenvalue weighted by atomic mass is 9.97. The fourth-order valence-corrected chi connectivity index (χ4v) is 2.44. The Hall–Kier alpha value is -3.25. The van der Waals surface area contributed by atoms with Gasteiger partial charge in [-0.05, 0) is 36.8 Å². The molecule has 0 radical (unpaired) electrons. The molecule has 1 aromatic heterocycles. The summed E-state index contributed by atoms with van der Waals surface area (Å²) in [5.74, 6) is 0. The molecule has 110 valence electrons. The molecule has 0 unspecified atom stereocenters. The monoisotopic (exact) mass is 297 g/mol. The second-order valence-electron chi connectivity index (χ2n) is 5.33. The number of pyridine rings is 1. The predicted octanol–water partition coefficient (Wildman–Crippen LogP) is 4.59. The van der Waals surface area contributed by atoms with E-state index in [-0.39, 0.29) is 0 Å². The lowest BCUT2D eigenvalue weighted by Crippen LogP contribution is -1.94. The molecule has 0 aliphatic rings. The van der Waals surface area contributed by atoms with E-state index in [1.54, 1.807) is 12.1 Å². The van der Waals surface area contributed by atoms with Crippen molar-refractivity contribution in [1.29, 1.82) is 10.7 Å². The van der Waals surface area contributed by atoms with Crippen LogP contribution in [0.4, 0.5) is 0 Å². The standard InChI is InChI=1S/C20H15N3/c1-14-2-6-17(7-3-14)20-19(11-10-18(13-22)23-20)16-8-4-15(12-21)5-9-16/h2-11,13,22H,1H3. The number of hydrogen-bond donors (Lipinski definition) is 1. The number of benzene rings is 2. The summed E-state index contributed by atoms with van der Waals surface area (Å²) >= 11 is 0. The number of aromatic nitrogens is 1. The van der Waals surface area contributed by atoms with Gasteiger partial charge in [0.1, 0.15) is 0 Å². The predicted molar refractivity (Wildman–Crippen MR) is 92.4 cm³/mol. The van der Waals surface area contributed by atoms with Crippen LogP contribution >= 0.6 is 0 Å². The van der Waals surface area contributed by atoms with E-state index < -0.39 is 0 Å². The Balaban J connectivity index is 2.17. The highest BCUT2D eigenvalue weighted by Crippen LogP contribution is 2.31. The topological polar surface area (TPSA) is 60.5 Å². The molecule has 0 aliphatic heterocycles. The Bertz CT molecular complexity index is 886. The van der Waals surface area contributed by atoms with Crippen LogP contribution in [-0.2, 0) is 0 Å². The molecule has 3 nitrogen and oxygen atoms in total. The summed E-state index contributed by atoms with van der Waals surface area (Å²) in [6.45, 7) is 2.05. The first kappa shape index (κ1) is 14.7. The summed E-state index contributed by atoms with van der Waals surface area (Å²) in [5, 5.41) is 16.4. The molecule has 3 rings (SSSR count). The van der Waals surface area contributed by atoms with Crippen LogP contribution in [0.25, 0.3) is 22.4 Å². The van der Waals surface area contributed by atoms with Crippen LogP contribution in [0.3, 0.4) is 0 Å². The minimum Gasteiger partial charge on any atom is -0.307 e. The number of hydrogen-bond acceptors (Lipinski definition) is 3. The van der Waals surface area contributed by atoms with Crippen LogP contribution in [0.5, 0.6) is 0 Å². The number of rotatable bonds is 3. The van der Waals surface area contributed by atoms with E-state index in [9.17, 15) is 0 Å². The van der Waals surface area contributed by atoms with Gasteiger partial charge < -0.3 is 5.41 Å². The molecule has 0 saturated heterocycles. The van der Waals surface area contributed by atoms with E-state index in [4.69, 9.17) is 10.7 Å². The first-order chi connectivity index (χ1) is 11.2. The van der Waals surface area contributed by atoms with Gasteiger partial charge in [-0.25, -0.2) is 4.98 Å². The van der Waals surface area contributed by atoms with Gasteiger partial charge in [-0.1, -0.05) is 42.0 Å². The van der Waals surface area contributed by atoms with Crippen molar-refractivity contribution in [2.24, 2.45) is 0 Å². The van der Waals surface area contributed by atoms with Gasteiger partial charge in [-0.15, -0.1) is 0 Å². The van der Waals surface area contributed by atoms with Crippen molar-refractivity contribution in [3.05, 3.63) is 77.5 Å². The molecule has 0 saturated carbocycles. The Labute approximate surface area is 135 Å². The minimum atomic E-state index is 0.623. The zero-order valence-corrected chi connectivity index (χ0v) is 12.7. The van der Waals surface area contributed by atoms with Gasteiger partial charge >= 0.3 is 0 Å². The first-order valence-corrected chi connectivity index (χ1v) is 7.30. The van der Waals surface area contributed by atoms with Crippen LogP contribution in [0.1, 0.15) is 16.8 Å². The third-order valence-electron chi connectivity index (χ3n) is 3.71. The normalized spacial score (nSPS) is 10.1. The molecule has 0 spiro atoms. The summed E-state index contributed by atoms with van der Waals surface area (Å²) in [5.41, 5.74) is 6.30. The summed E-state index contributed by atoms with van der Waals surface area (Å²) in [6.07, 6.45) is 1.25. The van der Waals surface area contributed by atoms with Crippen LogP contribution < -0.4 is 0 Å². The summed E-state index contributed by atoms with van der Waals surface area (Å²) in [7, 11) is 0. The van der Waals surface area contributed by atoms with E-state index in [1.807, 2.05) is 43.3 Å². The maximum absolute atomic E-state index is 8.94. The van der Waals surface area contributed by atoms with Gasteiger partial charge in [-0.3, -0.25) is 0 Å². The molecule has 0 fully saturated rings. The first-order valence-electron chi connectivity index (χ1n) is 7.30. The molecule has 2 aromatic carbocycles. The van der Waals surface area contributed by atoms with Crippen LogP contribution in [0, 0.1) is 23.7 Å². The Morgan fingerprint density at radius 1 is 0.913 bits per heavy atom. The molecule has 3 heteroatoms. The lowest BCUT2D eigenvalue weighted by Gasteiger charge is -2.11.